The fourth-order valence-corrected chi connectivity index (χ4v) is 9.23. The summed E-state index contributed by atoms with van der Waals surface area (Å²) in [6.07, 6.45) is 39.7. The molecule has 0 amide bonds. The fraction of sp³-hybridized carbons (Fsp3) is 0.677. The van der Waals surface area contributed by atoms with E-state index in [-0.39, 0.29) is 80.7 Å². The van der Waals surface area contributed by atoms with Crippen LogP contribution in [0.15, 0.2) is 60.7 Å². The van der Waals surface area contributed by atoms with Crippen LogP contribution in [-0.4, -0.2) is 54.3 Å². The lowest BCUT2D eigenvalue weighted by molar-refractivity contribution is -0.384. The molecule has 2 aromatic carbocycles. The zero-order chi connectivity index (χ0) is 57.7. The van der Waals surface area contributed by atoms with E-state index in [1.165, 1.54) is 101 Å². The molecule has 0 N–H and O–H groups in total. The Balaban J connectivity index is 1.78. The van der Waals surface area contributed by atoms with Gasteiger partial charge in [0.1, 0.15) is 31.3 Å². The number of ether oxygens (including phenoxy) is 6. The van der Waals surface area contributed by atoms with Gasteiger partial charge >= 0.3 is 30.0 Å². The molecule has 0 aliphatic rings. The van der Waals surface area contributed by atoms with Crippen LogP contribution in [0.5, 0.6) is 11.5 Å². The van der Waals surface area contributed by atoms with Gasteiger partial charge in [0.25, 0.3) is 5.69 Å². The summed E-state index contributed by atoms with van der Waals surface area (Å²) in [7, 11) is 0. The van der Waals surface area contributed by atoms with Crippen LogP contribution in [0.1, 0.15) is 250 Å². The Bertz CT molecular complexity index is 1980. The van der Waals surface area contributed by atoms with Crippen LogP contribution in [0.3, 0.4) is 0 Å². The maximum atomic E-state index is 13.3. The first-order valence-electron chi connectivity index (χ1n) is 30.4. The van der Waals surface area contributed by atoms with Gasteiger partial charge in [-0.15, -0.1) is 0 Å². The van der Waals surface area contributed by atoms with Crippen LogP contribution in [-0.2, 0) is 44.7 Å². The molecule has 0 heterocycles. The average molecular weight is 1100 g/mol. The number of rotatable bonds is 47. The number of non-ortho nitro benzene ring substituents is 1. The van der Waals surface area contributed by atoms with E-state index in [1.807, 2.05) is 13.8 Å². The van der Waals surface area contributed by atoms with E-state index in [0.717, 1.165) is 89.9 Å². The Morgan fingerprint density at radius 2 is 0.924 bits per heavy atom. The van der Waals surface area contributed by atoms with E-state index in [9.17, 15) is 34.1 Å². The van der Waals surface area contributed by atoms with Crippen molar-refractivity contribution in [2.45, 2.75) is 260 Å². The monoisotopic (exact) mass is 1100 g/mol. The van der Waals surface area contributed by atoms with Crippen molar-refractivity contribution >= 4 is 35.7 Å². The lowest BCUT2D eigenvalue weighted by atomic mass is 9.94. The molecule has 14 nitrogen and oxygen atoms in total. The van der Waals surface area contributed by atoms with Crippen LogP contribution in [0.25, 0.3) is 0 Å². The molecule has 0 spiro atoms. The number of allylic oxidation sites excluding steroid dienone is 4. The number of unbranched alkanes of at least 4 members (excludes halogenated alkanes) is 22. The minimum atomic E-state index is -0.974. The second-order valence-electron chi connectivity index (χ2n) is 21.8. The van der Waals surface area contributed by atoms with E-state index in [4.69, 9.17) is 28.4 Å². The van der Waals surface area contributed by atoms with Crippen LogP contribution in [0, 0.1) is 35.8 Å². The topological polar surface area (TPSA) is 184 Å². The zero-order valence-electron chi connectivity index (χ0n) is 49.5. The van der Waals surface area contributed by atoms with Crippen LogP contribution < -0.4 is 9.47 Å². The highest BCUT2D eigenvalue weighted by Gasteiger charge is 2.23. The average Bonchev–Trinajstić information content (AvgIpc) is 3.41. The van der Waals surface area contributed by atoms with E-state index in [2.05, 4.69) is 38.2 Å². The Morgan fingerprint density at radius 3 is 1.35 bits per heavy atom. The van der Waals surface area contributed by atoms with Crippen molar-refractivity contribution in [3.8, 4) is 11.5 Å². The first-order chi connectivity index (χ1) is 38.2. The molecule has 79 heavy (non-hydrogen) atoms. The normalized spacial score (nSPS) is 12.2. The van der Waals surface area contributed by atoms with Crippen molar-refractivity contribution in [1.29, 1.82) is 0 Å². The van der Waals surface area contributed by atoms with Crippen molar-refractivity contribution < 1.29 is 57.3 Å². The summed E-state index contributed by atoms with van der Waals surface area (Å²) in [5.41, 5.74) is 1.87. The van der Waals surface area contributed by atoms with E-state index >= 15 is 0 Å². The number of carbonyl (C=O) groups is 5. The summed E-state index contributed by atoms with van der Waals surface area (Å²) in [6.45, 7) is 11.5. The summed E-state index contributed by atoms with van der Waals surface area (Å²) in [5, 5.41) is 10.9. The number of benzene rings is 2. The van der Waals surface area contributed by atoms with E-state index in [0.29, 0.717) is 35.3 Å². The van der Waals surface area contributed by atoms with Crippen molar-refractivity contribution in [2.24, 2.45) is 11.8 Å². The van der Waals surface area contributed by atoms with Gasteiger partial charge in [0.2, 0.25) is 0 Å². The summed E-state index contributed by atoms with van der Waals surface area (Å²) in [5.74, 6) is -1.21. The van der Waals surface area contributed by atoms with Gasteiger partial charge in [0, 0.05) is 37.8 Å². The zero-order valence-corrected chi connectivity index (χ0v) is 49.5. The van der Waals surface area contributed by atoms with Gasteiger partial charge in [-0.2, -0.15) is 0 Å². The maximum Gasteiger partial charge on any atom is 0.514 e. The third-order valence-corrected chi connectivity index (χ3v) is 14.0. The lowest BCUT2D eigenvalue weighted by Gasteiger charge is -2.20. The molecule has 2 rings (SSSR count). The standard InChI is InChI=1S/C65H101NO13/c1-7-9-11-13-15-17-19-21-23-25-27-29-31-33-35-37-60(67)74-50-59(51-75-61(68)38-36-34-32-30-28-26-24-22-20-18-16-14-12-10-8-2)77-62(69)45-52(3)39-40-53(4)46-63(70)79-64-54(5)47-56(48-55(64)6)49-76-65(71)78-58-43-41-57(42-44-58)66(72)73/h21-24,41-44,47-48,52-53,59H,7-20,25-40,45-46,49-51H2,1-6H3/b23-21-,24-22-. The Labute approximate surface area is 475 Å². The van der Waals surface area contributed by atoms with E-state index in [1.54, 1.807) is 26.0 Å². The lowest BCUT2D eigenvalue weighted by Crippen LogP contribution is -2.31. The molecule has 0 saturated heterocycles. The highest BCUT2D eigenvalue weighted by Crippen LogP contribution is 2.28. The number of hydrogen-bond donors (Lipinski definition) is 0. The predicted molar refractivity (Wildman–Crippen MR) is 313 cm³/mol. The Hall–Kier alpha value is -5.53. The number of hydrogen-bond acceptors (Lipinski definition) is 13. The van der Waals surface area contributed by atoms with Crippen molar-refractivity contribution in [2.75, 3.05) is 13.2 Å². The molecule has 2 unspecified atom stereocenters. The molecule has 0 aliphatic carbocycles. The van der Waals surface area contributed by atoms with Crippen molar-refractivity contribution in [3.05, 3.63) is 87.5 Å². The Morgan fingerprint density at radius 1 is 0.519 bits per heavy atom. The predicted octanol–water partition coefficient (Wildman–Crippen LogP) is 17.7. The molecule has 0 fully saturated rings. The molecule has 2 aromatic rings. The van der Waals surface area contributed by atoms with Crippen LogP contribution >= 0.6 is 0 Å². The van der Waals surface area contributed by atoms with Crippen molar-refractivity contribution in [3.63, 3.8) is 0 Å². The third-order valence-electron chi connectivity index (χ3n) is 14.0. The fourth-order valence-electron chi connectivity index (χ4n) is 9.23. The van der Waals surface area contributed by atoms with Gasteiger partial charge in [0.15, 0.2) is 6.10 Å². The van der Waals surface area contributed by atoms with Crippen LogP contribution in [0.2, 0.25) is 0 Å². The highest BCUT2D eigenvalue weighted by atomic mass is 16.7. The summed E-state index contributed by atoms with van der Waals surface area (Å²) in [4.78, 5) is 74.5. The summed E-state index contributed by atoms with van der Waals surface area (Å²) in [6, 6.07) is 8.55. The number of nitrogens with zero attached hydrogens (tertiary/aromatic N) is 1. The molecule has 444 valence electrons. The first-order valence-corrected chi connectivity index (χ1v) is 30.4. The minimum Gasteiger partial charge on any atom is -0.462 e. The quantitative estimate of drug-likeness (QED) is 0.00892. The van der Waals surface area contributed by atoms with Gasteiger partial charge < -0.3 is 28.4 Å². The molecular formula is C65H101NO13. The maximum absolute atomic E-state index is 13.3. The number of nitro groups is 1. The molecule has 14 heteroatoms. The van der Waals surface area contributed by atoms with Gasteiger partial charge in [0.05, 0.1) is 4.92 Å². The summed E-state index contributed by atoms with van der Waals surface area (Å²) < 4.78 is 33.1. The molecule has 0 aromatic heterocycles. The highest BCUT2D eigenvalue weighted by molar-refractivity contribution is 5.74. The molecule has 0 saturated carbocycles. The molecular weight excluding hydrogens is 1000 g/mol. The van der Waals surface area contributed by atoms with Crippen molar-refractivity contribution in [1.82, 2.24) is 0 Å². The SMILES string of the molecule is CCCCCCCC/C=C\CCCCCCCC(=O)OCC(COC(=O)CCCCCCC/C=C\CCCCCCCC)OC(=O)CC(C)CCC(C)CC(=O)Oc1c(C)cc(COC(=O)Oc2ccc([N+](=O)[O-])cc2)cc1C. The summed E-state index contributed by atoms with van der Waals surface area (Å²) >= 11 is 0. The largest absolute Gasteiger partial charge is 0.514 e. The number of aryl methyl sites for hydroxylation is 2. The van der Waals surface area contributed by atoms with Gasteiger partial charge in [-0.1, -0.05) is 155 Å². The van der Waals surface area contributed by atoms with Crippen LogP contribution in [0.4, 0.5) is 10.5 Å². The molecule has 0 bridgehead atoms. The minimum absolute atomic E-state index is 0.0454. The van der Waals surface area contributed by atoms with Gasteiger partial charge in [-0.05, 0) is 144 Å². The second-order valence-corrected chi connectivity index (χ2v) is 21.8. The third kappa shape index (κ3) is 37.1. The molecule has 0 aliphatic heterocycles. The number of nitro benzene ring substituents is 1. The van der Waals surface area contributed by atoms with Gasteiger partial charge in [-0.3, -0.25) is 29.3 Å². The number of carbonyl (C=O) groups excluding carboxylic acids is 5. The van der Waals surface area contributed by atoms with E-state index < -0.39 is 29.1 Å². The van der Waals surface area contributed by atoms with Gasteiger partial charge in [-0.25, -0.2) is 4.79 Å². The molecule has 0 radical (unpaired) electrons. The smallest absolute Gasteiger partial charge is 0.462 e. The number of esters is 4. The second kappa shape index (κ2) is 45.2. The first kappa shape index (κ1) is 69.6. The Kier molecular flexibility index (Phi) is 39.8. The molecule has 2 atom stereocenters.